The van der Waals surface area contributed by atoms with Crippen LogP contribution < -0.4 is 5.32 Å². The van der Waals surface area contributed by atoms with Crippen molar-refractivity contribution in [2.24, 2.45) is 4.99 Å². The van der Waals surface area contributed by atoms with Crippen LogP contribution in [0.1, 0.15) is 43.7 Å². The zero-order valence-electron chi connectivity index (χ0n) is 13.4. The molecule has 1 unspecified atom stereocenters. The fourth-order valence-electron chi connectivity index (χ4n) is 2.69. The minimum absolute atomic E-state index is 0. The summed E-state index contributed by atoms with van der Waals surface area (Å²) in [7, 11) is 2.13. The maximum atomic E-state index is 4.82. The molecule has 1 atom stereocenters. The van der Waals surface area contributed by atoms with E-state index in [0.717, 1.165) is 25.6 Å². The predicted molar refractivity (Wildman–Crippen MR) is 102 cm³/mol. The summed E-state index contributed by atoms with van der Waals surface area (Å²) in [6, 6.07) is 8.73. The molecule has 0 bridgehead atoms. The largest absolute Gasteiger partial charge is 0.357 e. The molecule has 1 aliphatic carbocycles. The van der Waals surface area contributed by atoms with Crippen LogP contribution in [0.5, 0.6) is 0 Å². The molecule has 0 radical (unpaired) electrons. The molecule has 1 aromatic rings. The molecule has 0 saturated heterocycles. The van der Waals surface area contributed by atoms with E-state index in [1.54, 1.807) is 0 Å². The highest BCUT2D eigenvalue weighted by Gasteiger charge is 2.25. The molecular weight excluding hydrogens is 373 g/mol. The fourth-order valence-corrected chi connectivity index (χ4v) is 2.69. The van der Waals surface area contributed by atoms with Gasteiger partial charge in [-0.3, -0.25) is 4.99 Å². The third-order valence-corrected chi connectivity index (χ3v) is 3.97. The van der Waals surface area contributed by atoms with Gasteiger partial charge in [-0.05, 0) is 30.9 Å². The van der Waals surface area contributed by atoms with Gasteiger partial charge in [-0.2, -0.15) is 0 Å². The first-order valence-electron chi connectivity index (χ1n) is 7.83. The topological polar surface area (TPSA) is 27.6 Å². The van der Waals surface area contributed by atoms with E-state index in [2.05, 4.69) is 55.4 Å². The highest BCUT2D eigenvalue weighted by molar-refractivity contribution is 14.0. The number of nitrogens with one attached hydrogen (secondary N) is 1. The molecule has 0 fully saturated rings. The summed E-state index contributed by atoms with van der Waals surface area (Å²) in [6.45, 7) is 7.25. The SMILES string of the molecule is CCCCN(C)C(=NCC1Cc2ccccc21)NCC.I. The van der Waals surface area contributed by atoms with Gasteiger partial charge >= 0.3 is 0 Å². The first kappa shape index (κ1) is 18.3. The number of unbranched alkanes of at least 4 members (excludes halogenated alkanes) is 1. The second-order valence-corrected chi connectivity index (χ2v) is 5.57. The molecule has 2 rings (SSSR count). The molecule has 118 valence electrons. The minimum atomic E-state index is 0. The predicted octanol–water partition coefficient (Wildman–Crippen LogP) is 3.64. The Balaban J connectivity index is 0.00000220. The van der Waals surface area contributed by atoms with Gasteiger partial charge in [-0.25, -0.2) is 0 Å². The van der Waals surface area contributed by atoms with Crippen LogP contribution in [-0.4, -0.2) is 37.5 Å². The Morgan fingerprint density at radius 3 is 2.76 bits per heavy atom. The third kappa shape index (κ3) is 4.87. The number of hydrogen-bond acceptors (Lipinski definition) is 1. The standard InChI is InChI=1S/C17H27N3.HI/c1-4-6-11-20(3)17(18-5-2)19-13-15-12-14-9-7-8-10-16(14)15;/h7-10,15H,4-6,11-13H2,1-3H3,(H,18,19);1H. The van der Waals surface area contributed by atoms with Crippen molar-refractivity contribution in [1.82, 2.24) is 10.2 Å². The maximum absolute atomic E-state index is 4.82. The van der Waals surface area contributed by atoms with E-state index in [0.29, 0.717) is 5.92 Å². The quantitative estimate of drug-likeness (QED) is 0.448. The monoisotopic (exact) mass is 401 g/mol. The van der Waals surface area contributed by atoms with E-state index in [-0.39, 0.29) is 24.0 Å². The van der Waals surface area contributed by atoms with Crippen LogP contribution in [0.4, 0.5) is 0 Å². The van der Waals surface area contributed by atoms with Gasteiger partial charge in [0.05, 0.1) is 0 Å². The van der Waals surface area contributed by atoms with Gasteiger partial charge in [0.2, 0.25) is 0 Å². The second-order valence-electron chi connectivity index (χ2n) is 5.57. The number of benzene rings is 1. The summed E-state index contributed by atoms with van der Waals surface area (Å²) in [5.41, 5.74) is 2.99. The Kier molecular flexibility index (Phi) is 8.07. The zero-order valence-corrected chi connectivity index (χ0v) is 15.8. The van der Waals surface area contributed by atoms with Gasteiger partial charge in [0, 0.05) is 32.6 Å². The van der Waals surface area contributed by atoms with Crippen LogP contribution in [0.2, 0.25) is 0 Å². The van der Waals surface area contributed by atoms with E-state index in [9.17, 15) is 0 Å². The third-order valence-electron chi connectivity index (χ3n) is 3.97. The highest BCUT2D eigenvalue weighted by Crippen LogP contribution is 2.34. The van der Waals surface area contributed by atoms with E-state index in [1.807, 2.05) is 0 Å². The van der Waals surface area contributed by atoms with Crippen molar-refractivity contribution >= 4 is 29.9 Å². The number of rotatable bonds is 6. The van der Waals surface area contributed by atoms with Crippen molar-refractivity contribution in [3.63, 3.8) is 0 Å². The number of nitrogens with zero attached hydrogens (tertiary/aromatic N) is 2. The molecule has 0 amide bonds. The van der Waals surface area contributed by atoms with Crippen LogP contribution in [0.25, 0.3) is 0 Å². The molecule has 0 aromatic heterocycles. The highest BCUT2D eigenvalue weighted by atomic mass is 127. The van der Waals surface area contributed by atoms with Gasteiger partial charge in [0.1, 0.15) is 0 Å². The Labute approximate surface area is 146 Å². The van der Waals surface area contributed by atoms with E-state index in [4.69, 9.17) is 4.99 Å². The van der Waals surface area contributed by atoms with Crippen LogP contribution in [0, 0.1) is 0 Å². The molecule has 0 aliphatic heterocycles. The number of hydrogen-bond donors (Lipinski definition) is 1. The van der Waals surface area contributed by atoms with E-state index >= 15 is 0 Å². The zero-order chi connectivity index (χ0) is 14.4. The van der Waals surface area contributed by atoms with Crippen LogP contribution in [-0.2, 0) is 6.42 Å². The van der Waals surface area contributed by atoms with Gasteiger partial charge in [0.25, 0.3) is 0 Å². The Morgan fingerprint density at radius 2 is 2.10 bits per heavy atom. The summed E-state index contributed by atoms with van der Waals surface area (Å²) in [6.07, 6.45) is 3.62. The number of guanidine groups is 1. The summed E-state index contributed by atoms with van der Waals surface area (Å²) < 4.78 is 0. The lowest BCUT2D eigenvalue weighted by Gasteiger charge is -2.29. The van der Waals surface area contributed by atoms with Crippen molar-refractivity contribution in [3.05, 3.63) is 35.4 Å². The lowest BCUT2D eigenvalue weighted by molar-refractivity contribution is 0.462. The molecule has 0 spiro atoms. The van der Waals surface area contributed by atoms with Crippen LogP contribution in [0.3, 0.4) is 0 Å². The Bertz CT molecular complexity index is 459. The van der Waals surface area contributed by atoms with Crippen LogP contribution >= 0.6 is 24.0 Å². The smallest absolute Gasteiger partial charge is 0.193 e. The normalized spacial score (nSPS) is 16.5. The number of halogens is 1. The lowest BCUT2D eigenvalue weighted by Crippen LogP contribution is -2.40. The van der Waals surface area contributed by atoms with Crippen molar-refractivity contribution in [2.45, 2.75) is 39.0 Å². The lowest BCUT2D eigenvalue weighted by atomic mass is 9.78. The number of fused-ring (bicyclic) bond motifs is 1. The van der Waals surface area contributed by atoms with Crippen molar-refractivity contribution < 1.29 is 0 Å². The van der Waals surface area contributed by atoms with Crippen molar-refractivity contribution in [1.29, 1.82) is 0 Å². The fraction of sp³-hybridized carbons (Fsp3) is 0.588. The van der Waals surface area contributed by atoms with E-state index in [1.165, 1.54) is 30.4 Å². The Morgan fingerprint density at radius 1 is 1.33 bits per heavy atom. The van der Waals surface area contributed by atoms with Crippen molar-refractivity contribution in [2.75, 3.05) is 26.7 Å². The average Bonchev–Trinajstić information content (AvgIpc) is 2.44. The van der Waals surface area contributed by atoms with Crippen LogP contribution in [0.15, 0.2) is 29.3 Å². The first-order valence-corrected chi connectivity index (χ1v) is 7.83. The second kappa shape index (κ2) is 9.28. The minimum Gasteiger partial charge on any atom is -0.357 e. The molecule has 0 saturated carbocycles. The molecular formula is C17H28IN3. The van der Waals surface area contributed by atoms with Gasteiger partial charge in [0.15, 0.2) is 5.96 Å². The molecule has 3 nitrogen and oxygen atoms in total. The number of aliphatic imine (C=N–C) groups is 1. The first-order chi connectivity index (χ1) is 9.76. The maximum Gasteiger partial charge on any atom is 0.193 e. The van der Waals surface area contributed by atoms with Crippen molar-refractivity contribution in [3.8, 4) is 0 Å². The molecule has 0 heterocycles. The summed E-state index contributed by atoms with van der Waals surface area (Å²) >= 11 is 0. The van der Waals surface area contributed by atoms with Gasteiger partial charge < -0.3 is 10.2 Å². The molecule has 4 heteroatoms. The summed E-state index contributed by atoms with van der Waals surface area (Å²) in [5, 5.41) is 3.39. The summed E-state index contributed by atoms with van der Waals surface area (Å²) in [5.74, 6) is 1.66. The summed E-state index contributed by atoms with van der Waals surface area (Å²) in [4.78, 5) is 7.07. The van der Waals surface area contributed by atoms with Gasteiger partial charge in [-0.1, -0.05) is 37.6 Å². The molecule has 1 aliphatic rings. The molecule has 21 heavy (non-hydrogen) atoms. The van der Waals surface area contributed by atoms with E-state index < -0.39 is 0 Å². The van der Waals surface area contributed by atoms with Gasteiger partial charge in [-0.15, -0.1) is 24.0 Å². The molecule has 1 aromatic carbocycles. The average molecular weight is 401 g/mol. The molecule has 1 N–H and O–H groups in total. The Hall–Kier alpha value is -0.780.